The van der Waals surface area contributed by atoms with Crippen molar-refractivity contribution in [2.45, 2.75) is 52.7 Å². The smallest absolute Gasteiger partial charge is 0.331 e. The number of carbonyl (C=O) groups excluding carboxylic acids is 2. The van der Waals surface area contributed by atoms with Gasteiger partial charge in [-0.1, -0.05) is 0 Å². The molecular formula is C13H22O4. The number of rotatable bonds is 7. The third-order valence-electron chi connectivity index (χ3n) is 1.99. The van der Waals surface area contributed by atoms with Crippen LogP contribution in [0.25, 0.3) is 0 Å². The summed E-state index contributed by atoms with van der Waals surface area (Å²) in [5.41, 5.74) is -0.590. The molecular weight excluding hydrogens is 220 g/mol. The van der Waals surface area contributed by atoms with Gasteiger partial charge in [0, 0.05) is 12.5 Å². The lowest BCUT2D eigenvalue weighted by molar-refractivity contribution is -0.152. The van der Waals surface area contributed by atoms with Gasteiger partial charge < -0.3 is 9.47 Å². The first kappa shape index (κ1) is 15.8. The van der Waals surface area contributed by atoms with Crippen LogP contribution < -0.4 is 0 Å². The summed E-state index contributed by atoms with van der Waals surface area (Å²) in [5, 5.41) is 0. The summed E-state index contributed by atoms with van der Waals surface area (Å²) < 4.78 is 10.6. The quantitative estimate of drug-likeness (QED) is 0.507. The number of esters is 1. The van der Waals surface area contributed by atoms with Gasteiger partial charge in [0.1, 0.15) is 5.60 Å². The van der Waals surface area contributed by atoms with Crippen LogP contribution in [0.3, 0.4) is 0 Å². The van der Waals surface area contributed by atoms with Gasteiger partial charge in [-0.3, -0.25) is 4.79 Å². The Hall–Kier alpha value is -1.16. The molecule has 17 heavy (non-hydrogen) atoms. The predicted molar refractivity (Wildman–Crippen MR) is 65.7 cm³/mol. The average Bonchev–Trinajstić information content (AvgIpc) is 2.12. The second kappa shape index (κ2) is 7.22. The Kier molecular flexibility index (Phi) is 6.73. The van der Waals surface area contributed by atoms with Crippen LogP contribution in [0.4, 0.5) is 0 Å². The molecule has 0 aliphatic rings. The Labute approximate surface area is 103 Å². The minimum atomic E-state index is -0.590. The number of ketones is 1. The lowest BCUT2D eigenvalue weighted by Gasteiger charge is -2.24. The first-order chi connectivity index (χ1) is 7.73. The molecule has 98 valence electrons. The van der Waals surface area contributed by atoms with Crippen LogP contribution in [-0.4, -0.2) is 30.1 Å². The minimum absolute atomic E-state index is 0.166. The van der Waals surface area contributed by atoms with Gasteiger partial charge in [0.05, 0.1) is 12.7 Å². The molecule has 0 aliphatic heterocycles. The Balaban J connectivity index is 4.06. The van der Waals surface area contributed by atoms with Crippen LogP contribution in [0.1, 0.15) is 41.0 Å². The maximum atomic E-state index is 11.4. The SMILES string of the molecule is CC(=O)/C=C/C(=O)OC(C)(C)CCOC(C)C. The molecule has 0 saturated heterocycles. The highest BCUT2D eigenvalue weighted by Crippen LogP contribution is 2.15. The van der Waals surface area contributed by atoms with Crippen LogP contribution in [0, 0.1) is 0 Å². The van der Waals surface area contributed by atoms with E-state index < -0.39 is 11.6 Å². The molecule has 0 bridgehead atoms. The maximum Gasteiger partial charge on any atom is 0.331 e. The third-order valence-corrected chi connectivity index (χ3v) is 1.99. The first-order valence-corrected chi connectivity index (χ1v) is 5.76. The normalized spacial score (nSPS) is 12.1. The maximum absolute atomic E-state index is 11.4. The van der Waals surface area contributed by atoms with Gasteiger partial charge in [-0.15, -0.1) is 0 Å². The minimum Gasteiger partial charge on any atom is -0.456 e. The van der Waals surface area contributed by atoms with Gasteiger partial charge in [-0.05, 0) is 40.7 Å². The zero-order valence-corrected chi connectivity index (χ0v) is 11.3. The molecule has 0 heterocycles. The number of hydrogen-bond acceptors (Lipinski definition) is 4. The molecule has 0 radical (unpaired) electrons. The van der Waals surface area contributed by atoms with Crippen LogP contribution in [0.5, 0.6) is 0 Å². The zero-order valence-electron chi connectivity index (χ0n) is 11.3. The summed E-state index contributed by atoms with van der Waals surface area (Å²) in [5.74, 6) is -0.683. The van der Waals surface area contributed by atoms with Crippen LogP contribution >= 0.6 is 0 Å². The Bertz CT molecular complexity index is 290. The van der Waals surface area contributed by atoms with Crippen molar-refractivity contribution in [3.63, 3.8) is 0 Å². The fourth-order valence-electron chi connectivity index (χ4n) is 1.08. The Morgan fingerprint density at radius 2 is 1.82 bits per heavy atom. The molecule has 0 spiro atoms. The largest absolute Gasteiger partial charge is 0.456 e. The van der Waals surface area contributed by atoms with E-state index in [0.717, 1.165) is 6.08 Å². The van der Waals surface area contributed by atoms with Gasteiger partial charge in [0.25, 0.3) is 0 Å². The van der Waals surface area contributed by atoms with E-state index in [0.29, 0.717) is 13.0 Å². The summed E-state index contributed by atoms with van der Waals surface area (Å²) in [4.78, 5) is 22.0. The number of ether oxygens (including phenoxy) is 2. The van der Waals surface area contributed by atoms with Crippen molar-refractivity contribution in [2.24, 2.45) is 0 Å². The molecule has 0 unspecified atom stereocenters. The highest BCUT2D eigenvalue weighted by Gasteiger charge is 2.21. The monoisotopic (exact) mass is 242 g/mol. The Morgan fingerprint density at radius 3 is 2.29 bits per heavy atom. The molecule has 0 aromatic rings. The molecule has 0 atom stereocenters. The highest BCUT2D eigenvalue weighted by atomic mass is 16.6. The van der Waals surface area contributed by atoms with E-state index in [9.17, 15) is 9.59 Å². The van der Waals surface area contributed by atoms with Gasteiger partial charge in [0.2, 0.25) is 0 Å². The van der Waals surface area contributed by atoms with Gasteiger partial charge in [0.15, 0.2) is 5.78 Å². The van der Waals surface area contributed by atoms with E-state index in [1.165, 1.54) is 13.0 Å². The van der Waals surface area contributed by atoms with Crippen LogP contribution in [0.2, 0.25) is 0 Å². The van der Waals surface area contributed by atoms with Crippen molar-refractivity contribution >= 4 is 11.8 Å². The topological polar surface area (TPSA) is 52.6 Å². The van der Waals surface area contributed by atoms with Crippen LogP contribution in [-0.2, 0) is 19.1 Å². The number of hydrogen-bond donors (Lipinski definition) is 0. The molecule has 4 heteroatoms. The average molecular weight is 242 g/mol. The van der Waals surface area contributed by atoms with Crippen molar-refractivity contribution in [3.8, 4) is 0 Å². The third kappa shape index (κ3) is 9.75. The van der Waals surface area contributed by atoms with E-state index in [4.69, 9.17) is 9.47 Å². The lowest BCUT2D eigenvalue weighted by atomic mass is 10.1. The van der Waals surface area contributed by atoms with E-state index in [-0.39, 0.29) is 11.9 Å². The van der Waals surface area contributed by atoms with Gasteiger partial charge in [-0.2, -0.15) is 0 Å². The summed E-state index contributed by atoms with van der Waals surface area (Å²) >= 11 is 0. The fourth-order valence-corrected chi connectivity index (χ4v) is 1.08. The van der Waals surface area contributed by atoms with E-state index >= 15 is 0 Å². The van der Waals surface area contributed by atoms with Crippen molar-refractivity contribution < 1.29 is 19.1 Å². The summed E-state index contributed by atoms with van der Waals surface area (Å²) in [6.07, 6.45) is 3.13. The zero-order chi connectivity index (χ0) is 13.5. The van der Waals surface area contributed by atoms with Gasteiger partial charge in [-0.25, -0.2) is 4.79 Å². The first-order valence-electron chi connectivity index (χ1n) is 5.76. The van der Waals surface area contributed by atoms with Crippen molar-refractivity contribution in [1.82, 2.24) is 0 Å². The molecule has 0 aromatic heterocycles. The summed E-state index contributed by atoms with van der Waals surface area (Å²) in [6.45, 7) is 9.45. The molecule has 4 nitrogen and oxygen atoms in total. The van der Waals surface area contributed by atoms with E-state index in [1.807, 2.05) is 27.7 Å². The van der Waals surface area contributed by atoms with Gasteiger partial charge >= 0.3 is 5.97 Å². The predicted octanol–water partition coefficient (Wildman–Crippen LogP) is 2.27. The molecule has 0 N–H and O–H groups in total. The fraction of sp³-hybridized carbons (Fsp3) is 0.692. The molecule has 0 amide bonds. The second-order valence-electron chi connectivity index (χ2n) is 4.79. The standard InChI is InChI=1S/C13H22O4/c1-10(2)16-9-8-13(4,5)17-12(15)7-6-11(3)14/h6-7,10H,8-9H2,1-5H3/b7-6+. The molecule has 0 rings (SSSR count). The number of carbonyl (C=O) groups is 2. The second-order valence-corrected chi connectivity index (χ2v) is 4.79. The Morgan fingerprint density at radius 1 is 1.24 bits per heavy atom. The van der Waals surface area contributed by atoms with E-state index in [2.05, 4.69) is 0 Å². The highest BCUT2D eigenvalue weighted by molar-refractivity contribution is 5.94. The molecule has 0 saturated carbocycles. The van der Waals surface area contributed by atoms with Crippen molar-refractivity contribution in [1.29, 1.82) is 0 Å². The lowest BCUT2D eigenvalue weighted by Crippen LogP contribution is -2.29. The molecule has 0 fully saturated rings. The van der Waals surface area contributed by atoms with Crippen molar-refractivity contribution in [2.75, 3.05) is 6.61 Å². The van der Waals surface area contributed by atoms with E-state index in [1.54, 1.807) is 0 Å². The number of allylic oxidation sites excluding steroid dienone is 1. The summed E-state index contributed by atoms with van der Waals surface area (Å²) in [7, 11) is 0. The molecule has 0 aliphatic carbocycles. The van der Waals surface area contributed by atoms with Crippen LogP contribution in [0.15, 0.2) is 12.2 Å². The molecule has 0 aromatic carbocycles. The van der Waals surface area contributed by atoms with Crippen molar-refractivity contribution in [3.05, 3.63) is 12.2 Å². The summed E-state index contributed by atoms with van der Waals surface area (Å²) in [6, 6.07) is 0.